The average molecular weight is 186 g/mol. The second-order valence-corrected chi connectivity index (χ2v) is 3.70. The predicted octanol–water partition coefficient (Wildman–Crippen LogP) is 3.40. The normalized spacial score (nSPS) is 11.1. The summed E-state index contributed by atoms with van der Waals surface area (Å²) in [6.45, 7) is 5.80. The Bertz CT molecular complexity index is 96.1. The summed E-state index contributed by atoms with van der Waals surface area (Å²) in [5.41, 5.74) is 0. The molecular formula is C11H24NO. The highest BCUT2D eigenvalue weighted by molar-refractivity contribution is 4.47. The molecule has 0 aromatic rings. The van der Waals surface area contributed by atoms with Crippen LogP contribution >= 0.6 is 0 Å². The molecule has 0 unspecified atom stereocenters. The quantitative estimate of drug-likeness (QED) is 0.400. The summed E-state index contributed by atoms with van der Waals surface area (Å²) in [5, 5.41) is 12.4. The molecule has 0 atom stereocenters. The van der Waals surface area contributed by atoms with E-state index in [-0.39, 0.29) is 0 Å². The van der Waals surface area contributed by atoms with E-state index in [1.807, 2.05) is 0 Å². The molecule has 0 aliphatic rings. The summed E-state index contributed by atoms with van der Waals surface area (Å²) >= 11 is 0. The molecule has 0 heterocycles. The van der Waals surface area contributed by atoms with Gasteiger partial charge in [-0.1, -0.05) is 46.0 Å². The van der Waals surface area contributed by atoms with E-state index < -0.39 is 0 Å². The molecule has 0 bridgehead atoms. The van der Waals surface area contributed by atoms with Gasteiger partial charge in [0, 0.05) is 13.1 Å². The first-order valence-electron chi connectivity index (χ1n) is 5.73. The Morgan fingerprint density at radius 1 is 0.769 bits per heavy atom. The Morgan fingerprint density at radius 2 is 1.31 bits per heavy atom. The second kappa shape index (κ2) is 10.0. The fourth-order valence-corrected chi connectivity index (χ4v) is 1.34. The third-order valence-corrected chi connectivity index (χ3v) is 2.27. The van der Waals surface area contributed by atoms with Crippen LogP contribution in [0.25, 0.3) is 0 Å². The van der Waals surface area contributed by atoms with E-state index in [2.05, 4.69) is 13.8 Å². The van der Waals surface area contributed by atoms with Crippen LogP contribution in [-0.2, 0) is 5.21 Å². The molecule has 79 valence electrons. The number of hydrogen-bond acceptors (Lipinski definition) is 1. The zero-order chi connectivity index (χ0) is 9.94. The Kier molecular flexibility index (Phi) is 9.94. The molecule has 2 heteroatoms. The highest BCUT2D eigenvalue weighted by Gasteiger charge is 2.00. The third kappa shape index (κ3) is 9.84. The fourth-order valence-electron chi connectivity index (χ4n) is 1.34. The van der Waals surface area contributed by atoms with Crippen LogP contribution in [0.5, 0.6) is 0 Å². The van der Waals surface area contributed by atoms with Gasteiger partial charge in [-0.2, -0.15) is 5.06 Å². The molecule has 13 heavy (non-hydrogen) atoms. The van der Waals surface area contributed by atoms with Gasteiger partial charge in [-0.3, -0.25) is 0 Å². The molecular weight excluding hydrogens is 162 g/mol. The molecule has 0 fully saturated rings. The van der Waals surface area contributed by atoms with Crippen molar-refractivity contribution in [3.8, 4) is 0 Å². The molecule has 0 aromatic carbocycles. The average Bonchev–Trinajstić information content (AvgIpc) is 2.14. The zero-order valence-electron chi connectivity index (χ0n) is 9.22. The molecule has 0 rings (SSSR count). The molecule has 0 saturated carbocycles. The zero-order valence-corrected chi connectivity index (χ0v) is 9.22. The molecule has 1 radical (unpaired) electrons. The van der Waals surface area contributed by atoms with Gasteiger partial charge in [0.2, 0.25) is 0 Å². The highest BCUT2D eigenvalue weighted by atomic mass is 16.5. The molecule has 0 aliphatic carbocycles. The number of nitrogens with zero attached hydrogens (tertiary/aromatic N) is 1. The van der Waals surface area contributed by atoms with E-state index in [9.17, 15) is 5.21 Å². The van der Waals surface area contributed by atoms with Gasteiger partial charge in [-0.05, 0) is 12.8 Å². The van der Waals surface area contributed by atoms with Crippen LogP contribution in [-0.4, -0.2) is 18.2 Å². The fraction of sp³-hybridized carbons (Fsp3) is 1.00. The van der Waals surface area contributed by atoms with Crippen LogP contribution in [0.15, 0.2) is 0 Å². The Balaban J connectivity index is 3.03. The molecule has 0 N–H and O–H groups in total. The lowest BCUT2D eigenvalue weighted by Crippen LogP contribution is -2.19. The first kappa shape index (κ1) is 12.9. The molecule has 0 saturated heterocycles. The van der Waals surface area contributed by atoms with Gasteiger partial charge in [0.25, 0.3) is 0 Å². The van der Waals surface area contributed by atoms with E-state index in [1.165, 1.54) is 30.7 Å². The predicted molar refractivity (Wildman–Crippen MR) is 55.9 cm³/mol. The Labute approximate surface area is 82.9 Å². The van der Waals surface area contributed by atoms with E-state index in [0.29, 0.717) is 0 Å². The lowest BCUT2D eigenvalue weighted by Gasteiger charge is -2.10. The van der Waals surface area contributed by atoms with Crippen molar-refractivity contribution >= 4 is 0 Å². The van der Waals surface area contributed by atoms with Crippen molar-refractivity contribution < 1.29 is 5.21 Å². The van der Waals surface area contributed by atoms with Crippen molar-refractivity contribution in [1.82, 2.24) is 5.06 Å². The van der Waals surface area contributed by atoms with Crippen LogP contribution in [0.1, 0.15) is 58.8 Å². The molecule has 0 amide bonds. The minimum atomic E-state index is 0.726. The summed E-state index contributed by atoms with van der Waals surface area (Å²) in [5.74, 6) is 0. The molecule has 2 nitrogen and oxygen atoms in total. The summed E-state index contributed by atoms with van der Waals surface area (Å²) in [4.78, 5) is 0. The van der Waals surface area contributed by atoms with Crippen molar-refractivity contribution in [2.45, 2.75) is 58.8 Å². The third-order valence-electron chi connectivity index (χ3n) is 2.27. The minimum absolute atomic E-state index is 0.726. The van der Waals surface area contributed by atoms with Gasteiger partial charge in [0.05, 0.1) is 0 Å². The van der Waals surface area contributed by atoms with Crippen LogP contribution in [0.4, 0.5) is 0 Å². The first-order valence-corrected chi connectivity index (χ1v) is 5.73. The van der Waals surface area contributed by atoms with Crippen molar-refractivity contribution in [2.75, 3.05) is 13.1 Å². The number of rotatable bonds is 9. The van der Waals surface area contributed by atoms with Gasteiger partial charge in [-0.15, -0.1) is 5.21 Å². The van der Waals surface area contributed by atoms with Gasteiger partial charge >= 0.3 is 0 Å². The van der Waals surface area contributed by atoms with Crippen molar-refractivity contribution in [2.24, 2.45) is 0 Å². The van der Waals surface area contributed by atoms with Crippen LogP contribution in [0.2, 0.25) is 0 Å². The van der Waals surface area contributed by atoms with Crippen molar-refractivity contribution in [1.29, 1.82) is 0 Å². The van der Waals surface area contributed by atoms with Gasteiger partial charge in [0.1, 0.15) is 0 Å². The lowest BCUT2D eigenvalue weighted by molar-refractivity contribution is -0.157. The smallest absolute Gasteiger partial charge is 0.0271 e. The molecule has 0 aromatic heterocycles. The van der Waals surface area contributed by atoms with E-state index in [0.717, 1.165) is 32.4 Å². The molecule has 0 aliphatic heterocycles. The van der Waals surface area contributed by atoms with E-state index in [4.69, 9.17) is 0 Å². The van der Waals surface area contributed by atoms with Gasteiger partial charge in [0.15, 0.2) is 0 Å². The van der Waals surface area contributed by atoms with E-state index in [1.54, 1.807) is 0 Å². The van der Waals surface area contributed by atoms with Crippen molar-refractivity contribution in [3.63, 3.8) is 0 Å². The maximum absolute atomic E-state index is 11.2. The largest absolute Gasteiger partial charge is 0.155 e. The summed E-state index contributed by atoms with van der Waals surface area (Å²) in [6, 6.07) is 0. The van der Waals surface area contributed by atoms with Gasteiger partial charge in [-0.25, -0.2) is 0 Å². The maximum atomic E-state index is 11.2. The minimum Gasteiger partial charge on any atom is -0.155 e. The van der Waals surface area contributed by atoms with E-state index >= 15 is 0 Å². The summed E-state index contributed by atoms with van der Waals surface area (Å²) in [7, 11) is 0. The number of unbranched alkanes of at least 4 members (excludes halogenated alkanes) is 5. The highest BCUT2D eigenvalue weighted by Crippen LogP contribution is 2.03. The number of hydroxylamine groups is 2. The Hall–Kier alpha value is -0.0800. The number of hydrogen-bond donors (Lipinski definition) is 0. The second-order valence-electron chi connectivity index (χ2n) is 3.70. The van der Waals surface area contributed by atoms with Crippen molar-refractivity contribution in [3.05, 3.63) is 0 Å². The first-order chi connectivity index (χ1) is 6.31. The van der Waals surface area contributed by atoms with Crippen LogP contribution in [0, 0.1) is 0 Å². The maximum Gasteiger partial charge on any atom is 0.0271 e. The standard InChI is InChI=1S/C11H24NO/c1-3-5-7-8-9-11-12(13)10-6-4-2/h3-11H2,1-2H3. The van der Waals surface area contributed by atoms with Crippen LogP contribution in [0.3, 0.4) is 0 Å². The summed E-state index contributed by atoms with van der Waals surface area (Å²) in [6.07, 6.45) is 8.34. The Morgan fingerprint density at radius 3 is 1.92 bits per heavy atom. The van der Waals surface area contributed by atoms with Crippen LogP contribution < -0.4 is 0 Å². The summed E-state index contributed by atoms with van der Waals surface area (Å²) < 4.78 is 0. The topological polar surface area (TPSA) is 23.1 Å². The monoisotopic (exact) mass is 186 g/mol. The lowest BCUT2D eigenvalue weighted by atomic mass is 10.1. The van der Waals surface area contributed by atoms with Gasteiger partial charge < -0.3 is 0 Å². The molecule has 0 spiro atoms. The SMILES string of the molecule is CCCCCCCN([O])CCCC.